The van der Waals surface area contributed by atoms with Crippen LogP contribution >= 0.6 is 23.2 Å². The molecule has 0 bridgehead atoms. The van der Waals surface area contributed by atoms with Crippen molar-refractivity contribution >= 4 is 34.9 Å². The number of rotatable bonds is 10. The van der Waals surface area contributed by atoms with E-state index in [1.54, 1.807) is 25.5 Å². The fourth-order valence-electron chi connectivity index (χ4n) is 4.32. The smallest absolute Gasteiger partial charge is 0.358 e. The average molecular weight is 533 g/mol. The molecule has 36 heavy (non-hydrogen) atoms. The number of piperazine rings is 1. The average Bonchev–Trinajstić information content (AvgIpc) is 3.36. The number of imidazole rings is 1. The molecule has 2 heterocycles. The number of benzene rings is 2. The third-order valence-electron chi connectivity index (χ3n) is 6.10. The minimum absolute atomic E-state index is 0.0524. The van der Waals surface area contributed by atoms with Gasteiger partial charge in [0.2, 0.25) is 0 Å². The summed E-state index contributed by atoms with van der Waals surface area (Å²) in [6.45, 7) is 6.20. The lowest BCUT2D eigenvalue weighted by Crippen LogP contribution is -2.49. The van der Waals surface area contributed by atoms with Crippen molar-refractivity contribution in [1.29, 1.82) is 0 Å². The summed E-state index contributed by atoms with van der Waals surface area (Å²) in [5.74, 6) is 0.222. The van der Waals surface area contributed by atoms with E-state index in [2.05, 4.69) is 26.9 Å². The van der Waals surface area contributed by atoms with Crippen LogP contribution in [0.1, 0.15) is 29.0 Å². The van der Waals surface area contributed by atoms with Crippen LogP contribution in [0.4, 0.5) is 5.69 Å². The van der Waals surface area contributed by atoms with Crippen molar-refractivity contribution in [3.63, 3.8) is 0 Å². The molecule has 4 rings (SSSR count). The van der Waals surface area contributed by atoms with Gasteiger partial charge in [0, 0.05) is 50.0 Å². The van der Waals surface area contributed by atoms with Crippen LogP contribution in [0.3, 0.4) is 0 Å². The number of hydrogen-bond donors (Lipinski definition) is 1. The van der Waals surface area contributed by atoms with Crippen molar-refractivity contribution in [1.82, 2.24) is 14.5 Å². The second-order valence-electron chi connectivity index (χ2n) is 8.46. The molecule has 0 aliphatic carbocycles. The molecule has 1 aliphatic heterocycles. The molecule has 0 amide bonds. The summed E-state index contributed by atoms with van der Waals surface area (Å²) in [5, 5.41) is 10.3. The quantitative estimate of drug-likeness (QED) is 0.390. The molecule has 1 aliphatic rings. The van der Waals surface area contributed by atoms with Gasteiger partial charge in [-0.3, -0.25) is 4.90 Å². The largest absolute Gasteiger partial charge is 0.491 e. The predicted octanol–water partition coefficient (Wildman–Crippen LogP) is 4.30. The topological polar surface area (TPSA) is 80.1 Å². The van der Waals surface area contributed by atoms with Crippen molar-refractivity contribution in [2.45, 2.75) is 19.5 Å². The highest BCUT2D eigenvalue weighted by atomic mass is 35.5. The molecule has 8 nitrogen and oxygen atoms in total. The Labute approximate surface area is 221 Å². The van der Waals surface area contributed by atoms with Gasteiger partial charge < -0.3 is 24.0 Å². The van der Waals surface area contributed by atoms with Crippen LogP contribution in [0.2, 0.25) is 10.0 Å². The van der Waals surface area contributed by atoms with Crippen molar-refractivity contribution in [3.8, 4) is 5.75 Å². The summed E-state index contributed by atoms with van der Waals surface area (Å²) in [6, 6.07) is 13.6. The first-order chi connectivity index (χ1) is 17.5. The maximum Gasteiger partial charge on any atom is 0.358 e. The van der Waals surface area contributed by atoms with Crippen LogP contribution < -0.4 is 9.64 Å². The molecule has 192 valence electrons. The number of esters is 1. The van der Waals surface area contributed by atoms with E-state index in [4.69, 9.17) is 37.8 Å². The van der Waals surface area contributed by atoms with Gasteiger partial charge in [-0.15, -0.1) is 0 Å². The zero-order valence-corrected chi connectivity index (χ0v) is 21.7. The minimum Gasteiger partial charge on any atom is -0.491 e. The molecule has 1 fully saturated rings. The van der Waals surface area contributed by atoms with Gasteiger partial charge in [-0.1, -0.05) is 35.3 Å². The molecule has 1 N–H and O–H groups in total. The Hall–Kier alpha value is -2.78. The van der Waals surface area contributed by atoms with Gasteiger partial charge in [-0.25, -0.2) is 9.78 Å². The summed E-state index contributed by atoms with van der Waals surface area (Å²) >= 11 is 12.8. The fourth-order valence-corrected chi connectivity index (χ4v) is 4.73. The number of hydrogen-bond acceptors (Lipinski definition) is 7. The number of aliphatic hydroxyl groups excluding tert-OH is 1. The van der Waals surface area contributed by atoms with Crippen LogP contribution in [0.25, 0.3) is 0 Å². The molecule has 2 aromatic carbocycles. The van der Waals surface area contributed by atoms with Crippen LogP contribution in [0.15, 0.2) is 55.0 Å². The summed E-state index contributed by atoms with van der Waals surface area (Å²) in [4.78, 5) is 20.8. The first-order valence-corrected chi connectivity index (χ1v) is 12.7. The number of aromatic nitrogens is 2. The molecule has 1 atom stereocenters. The second kappa shape index (κ2) is 12.5. The van der Waals surface area contributed by atoms with Gasteiger partial charge in [0.15, 0.2) is 5.69 Å². The number of halogens is 2. The first kappa shape index (κ1) is 26.3. The Kier molecular flexibility index (Phi) is 9.09. The van der Waals surface area contributed by atoms with E-state index in [9.17, 15) is 4.79 Å². The molecule has 1 saturated heterocycles. The standard InChI is InChI=1S/C26H30Cl2N4O4/c1-2-35-26(34)23-16-31(18-29-23)10-9-30-11-12-32(25(17-30)19-3-5-20(27)6-4-19)24-8-7-21(15-22(24)28)36-14-13-33/h3-8,15-16,18,25,33H,2,9-14,17H2,1H3/t25-/m0/s1. The van der Waals surface area contributed by atoms with Gasteiger partial charge in [-0.2, -0.15) is 0 Å². The summed E-state index contributed by atoms with van der Waals surface area (Å²) in [6.07, 6.45) is 3.39. The lowest BCUT2D eigenvalue weighted by Gasteiger charge is -2.43. The molecule has 10 heteroatoms. The predicted molar refractivity (Wildman–Crippen MR) is 140 cm³/mol. The Bertz CT molecular complexity index is 1160. The molecule has 0 radical (unpaired) electrons. The van der Waals surface area contributed by atoms with E-state index in [1.807, 2.05) is 28.8 Å². The highest BCUT2D eigenvalue weighted by Crippen LogP contribution is 2.37. The van der Waals surface area contributed by atoms with Gasteiger partial charge in [-0.05, 0) is 36.8 Å². The number of carbonyl (C=O) groups excluding carboxylic acids is 1. The number of nitrogens with zero attached hydrogens (tertiary/aromatic N) is 4. The third kappa shape index (κ3) is 6.50. The Morgan fingerprint density at radius 1 is 1.14 bits per heavy atom. The highest BCUT2D eigenvalue weighted by Gasteiger charge is 2.30. The van der Waals surface area contributed by atoms with Gasteiger partial charge >= 0.3 is 5.97 Å². The van der Waals surface area contributed by atoms with E-state index in [0.29, 0.717) is 34.6 Å². The van der Waals surface area contributed by atoms with Crippen LogP contribution in [-0.2, 0) is 11.3 Å². The molecule has 0 spiro atoms. The van der Waals surface area contributed by atoms with Crippen LogP contribution in [0.5, 0.6) is 5.75 Å². The summed E-state index contributed by atoms with van der Waals surface area (Å²) < 4.78 is 12.5. The zero-order valence-electron chi connectivity index (χ0n) is 20.1. The van der Waals surface area contributed by atoms with Crippen molar-refractivity contribution in [3.05, 3.63) is 76.3 Å². The van der Waals surface area contributed by atoms with Gasteiger partial charge in [0.25, 0.3) is 0 Å². The van der Waals surface area contributed by atoms with Crippen molar-refractivity contribution < 1.29 is 19.4 Å². The van der Waals surface area contributed by atoms with Crippen molar-refractivity contribution in [2.24, 2.45) is 0 Å². The highest BCUT2D eigenvalue weighted by molar-refractivity contribution is 6.33. The fraction of sp³-hybridized carbons (Fsp3) is 0.385. The van der Waals surface area contributed by atoms with Crippen LogP contribution in [-0.4, -0.2) is 71.5 Å². The Morgan fingerprint density at radius 2 is 1.94 bits per heavy atom. The second-order valence-corrected chi connectivity index (χ2v) is 9.31. The molecular weight excluding hydrogens is 503 g/mol. The normalized spacial score (nSPS) is 16.2. The van der Waals surface area contributed by atoms with E-state index in [0.717, 1.165) is 37.4 Å². The van der Waals surface area contributed by atoms with E-state index in [1.165, 1.54) is 0 Å². The number of ether oxygens (including phenoxy) is 2. The SMILES string of the molecule is CCOC(=O)c1cn(CCN2CCN(c3ccc(OCCO)cc3Cl)[C@H](c3ccc(Cl)cc3)C2)cn1. The van der Waals surface area contributed by atoms with E-state index < -0.39 is 5.97 Å². The minimum atomic E-state index is -0.405. The summed E-state index contributed by atoms with van der Waals surface area (Å²) in [5.41, 5.74) is 2.40. The Balaban J connectivity index is 1.48. The lowest BCUT2D eigenvalue weighted by atomic mass is 10.0. The maximum atomic E-state index is 11.9. The first-order valence-electron chi connectivity index (χ1n) is 11.9. The number of aliphatic hydroxyl groups is 1. The number of anilines is 1. The lowest BCUT2D eigenvalue weighted by molar-refractivity contribution is 0.0520. The monoisotopic (exact) mass is 532 g/mol. The third-order valence-corrected chi connectivity index (χ3v) is 6.65. The van der Waals surface area contributed by atoms with Gasteiger partial charge in [0.05, 0.1) is 36.3 Å². The van der Waals surface area contributed by atoms with Crippen LogP contribution in [0, 0.1) is 0 Å². The van der Waals surface area contributed by atoms with E-state index in [-0.39, 0.29) is 19.3 Å². The van der Waals surface area contributed by atoms with E-state index >= 15 is 0 Å². The zero-order chi connectivity index (χ0) is 25.5. The Morgan fingerprint density at radius 3 is 2.67 bits per heavy atom. The number of carbonyl (C=O) groups is 1. The molecule has 1 aromatic heterocycles. The van der Waals surface area contributed by atoms with Crippen molar-refractivity contribution in [2.75, 3.05) is 50.9 Å². The van der Waals surface area contributed by atoms with Gasteiger partial charge in [0.1, 0.15) is 12.4 Å². The molecule has 0 saturated carbocycles. The summed E-state index contributed by atoms with van der Waals surface area (Å²) in [7, 11) is 0. The maximum absolute atomic E-state index is 11.9. The molecule has 0 unspecified atom stereocenters. The molecule has 3 aromatic rings. The molecular formula is C26H30Cl2N4O4.